The summed E-state index contributed by atoms with van der Waals surface area (Å²) in [6.07, 6.45) is -0.605. The van der Waals surface area contributed by atoms with Gasteiger partial charge in [0.25, 0.3) is 6.43 Å². The van der Waals surface area contributed by atoms with E-state index in [-0.39, 0.29) is 5.69 Å². The van der Waals surface area contributed by atoms with Crippen molar-refractivity contribution in [3.05, 3.63) is 41.9 Å². The van der Waals surface area contributed by atoms with Crippen LogP contribution in [0.3, 0.4) is 0 Å². The maximum Gasteiger partial charge on any atom is 0.280 e. The minimum Gasteiger partial charge on any atom is -0.340 e. The molecule has 100 valence electrons. The normalized spacial score (nSPS) is 10.8. The number of nitrogens with one attached hydrogen (secondary N) is 1. The summed E-state index contributed by atoms with van der Waals surface area (Å²) < 4.78 is 25.3. The van der Waals surface area contributed by atoms with Crippen molar-refractivity contribution in [2.24, 2.45) is 0 Å². The Bertz CT molecular complexity index is 558. The summed E-state index contributed by atoms with van der Waals surface area (Å²) in [5, 5.41) is 3.00. The summed E-state index contributed by atoms with van der Waals surface area (Å²) in [7, 11) is 0. The summed E-state index contributed by atoms with van der Waals surface area (Å²) in [6.45, 7) is 1.59. The van der Waals surface area contributed by atoms with Crippen molar-refractivity contribution in [1.82, 2.24) is 9.97 Å². The monoisotopic (exact) mass is 281 g/mol. The number of halogens is 2. The van der Waals surface area contributed by atoms with Crippen molar-refractivity contribution in [2.45, 2.75) is 18.2 Å². The number of hydrogen-bond donors (Lipinski definition) is 1. The molecule has 0 aliphatic carbocycles. The second-order valence-electron chi connectivity index (χ2n) is 3.88. The molecule has 0 spiro atoms. The van der Waals surface area contributed by atoms with E-state index in [1.807, 2.05) is 30.5 Å². The number of aromatic nitrogens is 2. The maximum absolute atomic E-state index is 12.6. The zero-order chi connectivity index (χ0) is 13.8. The minimum atomic E-state index is -2.60. The van der Waals surface area contributed by atoms with Gasteiger partial charge in [-0.15, -0.1) is 11.8 Å². The molecule has 0 radical (unpaired) electrons. The molecule has 0 amide bonds. The van der Waals surface area contributed by atoms with E-state index >= 15 is 0 Å². The van der Waals surface area contributed by atoms with Crippen molar-refractivity contribution in [3.8, 4) is 0 Å². The number of thioether (sulfide) groups is 1. The third-order valence-corrected chi connectivity index (χ3v) is 3.19. The van der Waals surface area contributed by atoms with Crippen LogP contribution in [0.4, 0.5) is 20.3 Å². The van der Waals surface area contributed by atoms with Crippen molar-refractivity contribution in [1.29, 1.82) is 0 Å². The van der Waals surface area contributed by atoms with Crippen molar-refractivity contribution >= 4 is 23.3 Å². The molecule has 0 bridgehead atoms. The molecule has 0 fully saturated rings. The Morgan fingerprint density at radius 2 is 1.84 bits per heavy atom. The van der Waals surface area contributed by atoms with E-state index in [0.717, 1.165) is 10.6 Å². The molecule has 0 saturated heterocycles. The van der Waals surface area contributed by atoms with Gasteiger partial charge in [-0.05, 0) is 37.4 Å². The van der Waals surface area contributed by atoms with Crippen LogP contribution in [0.15, 0.2) is 35.2 Å². The van der Waals surface area contributed by atoms with Crippen LogP contribution in [0.2, 0.25) is 0 Å². The lowest BCUT2D eigenvalue weighted by molar-refractivity contribution is 0.145. The van der Waals surface area contributed by atoms with Crippen LogP contribution in [-0.2, 0) is 0 Å². The Balaban J connectivity index is 2.22. The zero-order valence-corrected chi connectivity index (χ0v) is 11.3. The molecule has 2 aromatic rings. The Morgan fingerprint density at radius 3 is 2.42 bits per heavy atom. The standard InChI is InChI=1S/C13H13F2N3S/c1-8-16-11(13(14)15)7-12(17-8)18-9-3-5-10(19-2)6-4-9/h3-7,13H,1-2H3,(H,16,17,18). The van der Waals surface area contributed by atoms with E-state index in [1.165, 1.54) is 6.07 Å². The average molecular weight is 281 g/mol. The van der Waals surface area contributed by atoms with Gasteiger partial charge in [0, 0.05) is 16.6 Å². The van der Waals surface area contributed by atoms with Gasteiger partial charge in [0.2, 0.25) is 0 Å². The fourth-order valence-electron chi connectivity index (χ4n) is 1.59. The first-order valence-corrected chi connectivity index (χ1v) is 6.86. The number of alkyl halides is 2. The minimum absolute atomic E-state index is 0.268. The molecule has 1 aromatic heterocycles. The molecule has 2 rings (SSSR count). The second-order valence-corrected chi connectivity index (χ2v) is 4.76. The number of benzene rings is 1. The van der Waals surface area contributed by atoms with E-state index in [0.29, 0.717) is 11.6 Å². The van der Waals surface area contributed by atoms with Gasteiger partial charge in [0.1, 0.15) is 17.3 Å². The number of hydrogen-bond acceptors (Lipinski definition) is 4. The van der Waals surface area contributed by atoms with Crippen LogP contribution in [0.25, 0.3) is 0 Å². The highest BCUT2D eigenvalue weighted by Gasteiger charge is 2.11. The lowest BCUT2D eigenvalue weighted by Gasteiger charge is -2.08. The van der Waals surface area contributed by atoms with Crippen LogP contribution in [0.1, 0.15) is 17.9 Å². The highest BCUT2D eigenvalue weighted by atomic mass is 32.2. The molecular formula is C13H13F2N3S. The number of anilines is 2. The van der Waals surface area contributed by atoms with Crippen molar-refractivity contribution < 1.29 is 8.78 Å². The molecule has 6 heteroatoms. The van der Waals surface area contributed by atoms with Gasteiger partial charge >= 0.3 is 0 Å². The smallest absolute Gasteiger partial charge is 0.280 e. The van der Waals surface area contributed by atoms with Crippen molar-refractivity contribution in [3.63, 3.8) is 0 Å². The first-order chi connectivity index (χ1) is 9.08. The molecule has 0 atom stereocenters. The lowest BCUT2D eigenvalue weighted by atomic mass is 10.3. The summed E-state index contributed by atoms with van der Waals surface area (Å²) >= 11 is 1.64. The van der Waals surface area contributed by atoms with Gasteiger partial charge in [-0.3, -0.25) is 0 Å². The Morgan fingerprint density at radius 1 is 1.16 bits per heavy atom. The van der Waals surface area contributed by atoms with Gasteiger partial charge < -0.3 is 5.32 Å². The summed E-state index contributed by atoms with van der Waals surface area (Å²) in [5.74, 6) is 0.695. The Kier molecular flexibility index (Phi) is 4.31. The summed E-state index contributed by atoms with van der Waals surface area (Å²) in [5.41, 5.74) is 0.534. The molecule has 0 aliphatic rings. The molecule has 1 heterocycles. The molecule has 1 aromatic carbocycles. The molecule has 1 N–H and O–H groups in total. The Labute approximate surface area is 114 Å². The highest BCUT2D eigenvalue weighted by molar-refractivity contribution is 7.98. The summed E-state index contributed by atoms with van der Waals surface area (Å²) in [6, 6.07) is 8.93. The number of rotatable bonds is 4. The van der Waals surface area contributed by atoms with Crippen LogP contribution in [-0.4, -0.2) is 16.2 Å². The lowest BCUT2D eigenvalue weighted by Crippen LogP contribution is -2.01. The van der Waals surface area contributed by atoms with Crippen LogP contribution in [0.5, 0.6) is 0 Å². The van der Waals surface area contributed by atoms with Gasteiger partial charge in [-0.25, -0.2) is 18.7 Å². The molecule has 19 heavy (non-hydrogen) atoms. The zero-order valence-electron chi connectivity index (χ0n) is 10.5. The SMILES string of the molecule is CSc1ccc(Nc2cc(C(F)F)nc(C)n2)cc1. The Hall–Kier alpha value is -1.69. The fraction of sp³-hybridized carbons (Fsp3) is 0.231. The largest absolute Gasteiger partial charge is 0.340 e. The molecule has 3 nitrogen and oxygen atoms in total. The van der Waals surface area contributed by atoms with Crippen molar-refractivity contribution in [2.75, 3.05) is 11.6 Å². The van der Waals surface area contributed by atoms with Crippen LogP contribution >= 0.6 is 11.8 Å². The third-order valence-electron chi connectivity index (χ3n) is 2.44. The third kappa shape index (κ3) is 3.64. The maximum atomic E-state index is 12.6. The molecular weight excluding hydrogens is 268 g/mol. The van der Waals surface area contributed by atoms with E-state index in [2.05, 4.69) is 15.3 Å². The first kappa shape index (κ1) is 13.7. The number of nitrogens with zero attached hydrogens (tertiary/aromatic N) is 2. The second kappa shape index (κ2) is 5.97. The molecule has 0 aliphatic heterocycles. The van der Waals surface area contributed by atoms with Crippen LogP contribution < -0.4 is 5.32 Å². The first-order valence-electron chi connectivity index (χ1n) is 5.63. The van der Waals surface area contributed by atoms with E-state index in [1.54, 1.807) is 18.7 Å². The topological polar surface area (TPSA) is 37.8 Å². The van der Waals surface area contributed by atoms with E-state index < -0.39 is 6.43 Å². The van der Waals surface area contributed by atoms with E-state index in [4.69, 9.17) is 0 Å². The van der Waals surface area contributed by atoms with Gasteiger partial charge in [0.05, 0.1) is 0 Å². The molecule has 0 unspecified atom stereocenters. The fourth-order valence-corrected chi connectivity index (χ4v) is 2.00. The van der Waals surface area contributed by atoms with Gasteiger partial charge in [-0.2, -0.15) is 0 Å². The van der Waals surface area contributed by atoms with Gasteiger partial charge in [-0.1, -0.05) is 0 Å². The van der Waals surface area contributed by atoms with E-state index in [9.17, 15) is 8.78 Å². The average Bonchev–Trinajstić information content (AvgIpc) is 2.39. The summed E-state index contributed by atoms with van der Waals surface area (Å²) in [4.78, 5) is 8.93. The quantitative estimate of drug-likeness (QED) is 0.853. The highest BCUT2D eigenvalue weighted by Crippen LogP contribution is 2.23. The molecule has 0 saturated carbocycles. The van der Waals surface area contributed by atoms with Gasteiger partial charge in [0.15, 0.2) is 0 Å². The predicted molar refractivity (Wildman–Crippen MR) is 73.2 cm³/mol. The number of aryl methyl sites for hydroxylation is 1. The van der Waals surface area contributed by atoms with Crippen LogP contribution in [0, 0.1) is 6.92 Å². The predicted octanol–water partition coefficient (Wildman–Crippen LogP) is 4.19.